The molecule has 0 amide bonds. The molecule has 0 bridgehead atoms. The molecule has 26 heavy (non-hydrogen) atoms. The predicted octanol–water partition coefficient (Wildman–Crippen LogP) is 2.73. The van der Waals surface area contributed by atoms with E-state index < -0.39 is 37.6 Å². The molecule has 0 spiro atoms. The number of hydrogen-bond donors (Lipinski definition) is 2. The maximum atomic E-state index is 13.0. The molecule has 2 aromatic rings. The van der Waals surface area contributed by atoms with Crippen LogP contribution in [0.4, 0.5) is 10.1 Å². The second kappa shape index (κ2) is 8.49. The van der Waals surface area contributed by atoms with Crippen LogP contribution in [-0.2, 0) is 20.7 Å². The molecule has 0 aliphatic rings. The normalized spacial score (nSPS) is 11.1. The standard InChI is InChI=1S/C17H16FN2O5P/c1-26(25)10-19-13-6-14(15(21)7-16(22)17(23)24)20(9-13)8-11-2-4-12(18)5-3-11/h2-6,9,19H,7-8,10H2,1H3/p+1. The first-order valence-corrected chi connectivity index (χ1v) is 9.51. The van der Waals surface area contributed by atoms with Crippen molar-refractivity contribution in [3.63, 3.8) is 0 Å². The first-order chi connectivity index (χ1) is 12.3. The average Bonchev–Trinajstić information content (AvgIpc) is 2.98. The van der Waals surface area contributed by atoms with Crippen LogP contribution in [0.2, 0.25) is 0 Å². The highest BCUT2D eigenvalue weighted by atomic mass is 31.1. The zero-order chi connectivity index (χ0) is 19.3. The van der Waals surface area contributed by atoms with Crippen molar-refractivity contribution in [3.8, 4) is 0 Å². The SMILES string of the molecule is C[P+](=O)CNc1cc(C(=O)CC(=O)C(=O)O)n(Cc2ccc(F)cc2)c1. The Morgan fingerprint density at radius 2 is 1.88 bits per heavy atom. The highest BCUT2D eigenvalue weighted by molar-refractivity contribution is 7.43. The number of rotatable bonds is 9. The van der Waals surface area contributed by atoms with Crippen molar-refractivity contribution in [3.05, 3.63) is 53.6 Å². The van der Waals surface area contributed by atoms with Gasteiger partial charge < -0.3 is 15.0 Å². The maximum absolute atomic E-state index is 13.0. The van der Waals surface area contributed by atoms with Gasteiger partial charge in [0.15, 0.2) is 5.78 Å². The van der Waals surface area contributed by atoms with Crippen LogP contribution in [0.3, 0.4) is 0 Å². The lowest BCUT2D eigenvalue weighted by atomic mass is 10.1. The lowest BCUT2D eigenvalue weighted by Crippen LogP contribution is -2.19. The van der Waals surface area contributed by atoms with Crippen molar-refractivity contribution in [2.24, 2.45) is 0 Å². The van der Waals surface area contributed by atoms with Crippen LogP contribution in [-0.4, -0.2) is 40.2 Å². The number of aromatic nitrogens is 1. The largest absolute Gasteiger partial charge is 0.475 e. The lowest BCUT2D eigenvalue weighted by Gasteiger charge is -2.08. The van der Waals surface area contributed by atoms with Gasteiger partial charge in [-0.1, -0.05) is 16.7 Å². The summed E-state index contributed by atoms with van der Waals surface area (Å²) in [5.74, 6) is -3.90. The van der Waals surface area contributed by atoms with Gasteiger partial charge in [-0.05, 0) is 23.8 Å². The summed E-state index contributed by atoms with van der Waals surface area (Å²) in [5.41, 5.74) is 1.37. The number of ketones is 2. The summed E-state index contributed by atoms with van der Waals surface area (Å²) in [4.78, 5) is 34.3. The molecular formula is C17H17FN2O5P+. The minimum absolute atomic E-state index is 0.137. The van der Waals surface area contributed by atoms with Crippen molar-refractivity contribution in [1.82, 2.24) is 4.57 Å². The molecule has 1 unspecified atom stereocenters. The van der Waals surface area contributed by atoms with Crippen molar-refractivity contribution in [2.45, 2.75) is 13.0 Å². The molecule has 0 aliphatic heterocycles. The summed E-state index contributed by atoms with van der Waals surface area (Å²) >= 11 is 0. The quantitative estimate of drug-likeness (QED) is 0.300. The molecule has 0 saturated carbocycles. The molecule has 136 valence electrons. The van der Waals surface area contributed by atoms with Gasteiger partial charge in [-0.2, -0.15) is 0 Å². The Hall–Kier alpha value is -2.86. The van der Waals surface area contributed by atoms with E-state index in [0.29, 0.717) is 11.3 Å². The number of nitrogens with zero attached hydrogens (tertiary/aromatic N) is 1. The van der Waals surface area contributed by atoms with Gasteiger partial charge in [0.2, 0.25) is 12.1 Å². The van der Waals surface area contributed by atoms with Crippen molar-refractivity contribution >= 4 is 31.0 Å². The van der Waals surface area contributed by atoms with Crippen molar-refractivity contribution in [1.29, 1.82) is 0 Å². The van der Waals surface area contributed by atoms with E-state index in [1.54, 1.807) is 25.0 Å². The highest BCUT2D eigenvalue weighted by Crippen LogP contribution is 2.21. The molecular weight excluding hydrogens is 362 g/mol. The monoisotopic (exact) mass is 379 g/mol. The number of nitrogens with one attached hydrogen (secondary N) is 1. The summed E-state index contributed by atoms with van der Waals surface area (Å²) in [6, 6.07) is 7.16. The van der Waals surface area contributed by atoms with Crippen molar-refractivity contribution in [2.75, 3.05) is 18.3 Å². The first kappa shape index (κ1) is 19.5. The Balaban J connectivity index is 2.28. The zero-order valence-corrected chi connectivity index (χ0v) is 14.8. The van der Waals surface area contributed by atoms with E-state index in [1.807, 2.05) is 0 Å². The fourth-order valence-corrected chi connectivity index (χ4v) is 2.68. The van der Waals surface area contributed by atoms with Gasteiger partial charge in [0.05, 0.1) is 17.8 Å². The fourth-order valence-electron chi connectivity index (χ4n) is 2.27. The van der Waals surface area contributed by atoms with E-state index in [0.717, 1.165) is 0 Å². The lowest BCUT2D eigenvalue weighted by molar-refractivity contribution is -0.148. The molecule has 1 aromatic carbocycles. The van der Waals surface area contributed by atoms with Gasteiger partial charge in [-0.3, -0.25) is 9.59 Å². The zero-order valence-electron chi connectivity index (χ0n) is 13.9. The Kier molecular flexibility index (Phi) is 6.36. The van der Waals surface area contributed by atoms with Crippen LogP contribution < -0.4 is 5.32 Å². The maximum Gasteiger partial charge on any atom is 0.372 e. The minimum atomic E-state index is -1.67. The molecule has 0 saturated heterocycles. The van der Waals surface area contributed by atoms with Crippen LogP contribution in [0.15, 0.2) is 36.5 Å². The third-order valence-electron chi connectivity index (χ3n) is 3.51. The minimum Gasteiger partial charge on any atom is -0.475 e. The van der Waals surface area contributed by atoms with Gasteiger partial charge in [0, 0.05) is 12.7 Å². The Morgan fingerprint density at radius 1 is 1.23 bits per heavy atom. The number of carboxylic acid groups (broad SMARTS) is 1. The van der Waals surface area contributed by atoms with E-state index >= 15 is 0 Å². The highest BCUT2D eigenvalue weighted by Gasteiger charge is 2.21. The number of anilines is 1. The molecule has 2 rings (SSSR count). The number of hydrogen-bond acceptors (Lipinski definition) is 5. The predicted molar refractivity (Wildman–Crippen MR) is 93.5 cm³/mol. The average molecular weight is 379 g/mol. The number of carbonyl (C=O) groups excluding carboxylic acids is 2. The summed E-state index contributed by atoms with van der Waals surface area (Å²) in [5, 5.41) is 11.6. The number of halogens is 1. The van der Waals surface area contributed by atoms with Gasteiger partial charge in [-0.25, -0.2) is 9.18 Å². The van der Waals surface area contributed by atoms with E-state index in [4.69, 9.17) is 5.11 Å². The molecule has 7 nitrogen and oxygen atoms in total. The van der Waals surface area contributed by atoms with E-state index in [2.05, 4.69) is 5.32 Å². The molecule has 0 fully saturated rings. The van der Waals surface area contributed by atoms with Crippen LogP contribution in [0.1, 0.15) is 22.5 Å². The van der Waals surface area contributed by atoms with Crippen LogP contribution >= 0.6 is 7.80 Å². The van der Waals surface area contributed by atoms with E-state index in [1.165, 1.54) is 22.8 Å². The third kappa shape index (κ3) is 5.32. The van der Waals surface area contributed by atoms with Gasteiger partial charge in [0.1, 0.15) is 12.5 Å². The summed E-state index contributed by atoms with van der Waals surface area (Å²) in [7, 11) is -1.44. The summed E-state index contributed by atoms with van der Waals surface area (Å²) in [6.45, 7) is 1.78. The van der Waals surface area contributed by atoms with Crippen LogP contribution in [0.5, 0.6) is 0 Å². The Labute approximate surface area is 149 Å². The topological polar surface area (TPSA) is 105 Å². The third-order valence-corrected chi connectivity index (χ3v) is 4.12. The van der Waals surface area contributed by atoms with Crippen LogP contribution in [0.25, 0.3) is 0 Å². The number of carboxylic acids is 1. The van der Waals surface area contributed by atoms with Gasteiger partial charge >= 0.3 is 13.8 Å². The fraction of sp³-hybridized carbons (Fsp3) is 0.235. The van der Waals surface area contributed by atoms with E-state index in [9.17, 15) is 23.3 Å². The van der Waals surface area contributed by atoms with Gasteiger partial charge in [-0.15, -0.1) is 0 Å². The van der Waals surface area contributed by atoms with Gasteiger partial charge in [0.25, 0.3) is 0 Å². The molecule has 2 N–H and O–H groups in total. The molecule has 0 radical (unpaired) electrons. The molecule has 1 aromatic heterocycles. The number of aliphatic carboxylic acids is 1. The second-order valence-corrected chi connectivity index (χ2v) is 7.23. The summed E-state index contributed by atoms with van der Waals surface area (Å²) in [6.07, 6.45) is 1.04. The van der Waals surface area contributed by atoms with E-state index in [-0.39, 0.29) is 18.5 Å². The second-order valence-electron chi connectivity index (χ2n) is 5.66. The molecule has 9 heteroatoms. The van der Waals surface area contributed by atoms with Crippen LogP contribution in [0, 0.1) is 5.82 Å². The van der Waals surface area contributed by atoms with Crippen molar-refractivity contribution < 1.29 is 28.4 Å². The first-order valence-electron chi connectivity index (χ1n) is 7.62. The number of benzene rings is 1. The molecule has 1 atom stereocenters. The number of carbonyl (C=O) groups is 3. The molecule has 0 aliphatic carbocycles. The number of Topliss-reactive ketones (excluding diaryl/α,β-unsaturated/α-hetero) is 2. The summed E-state index contributed by atoms with van der Waals surface area (Å²) < 4.78 is 25.8. The molecule has 1 heterocycles. The Morgan fingerprint density at radius 3 is 2.46 bits per heavy atom. The smallest absolute Gasteiger partial charge is 0.372 e. The Bertz CT molecular complexity index is 861.